The normalized spacial score (nSPS) is 14.1. The van der Waals surface area contributed by atoms with Crippen LogP contribution in [-0.2, 0) is 27.9 Å². The van der Waals surface area contributed by atoms with Crippen LogP contribution in [0.4, 0.5) is 0 Å². The molecule has 0 saturated carbocycles. The van der Waals surface area contributed by atoms with Crippen LogP contribution in [0.1, 0.15) is 284 Å². The van der Waals surface area contributed by atoms with Gasteiger partial charge >= 0.3 is 13.8 Å². The third-order valence-corrected chi connectivity index (χ3v) is 14.9. The van der Waals surface area contributed by atoms with Crippen LogP contribution >= 0.6 is 7.82 Å². The van der Waals surface area contributed by atoms with Crippen molar-refractivity contribution in [3.63, 3.8) is 0 Å². The Morgan fingerprint density at radius 1 is 0.461 bits per heavy atom. The Balaban J connectivity index is 5.29. The number of amides is 1. The number of nitrogens with zero attached hydrogens (tertiary/aromatic N) is 1. The summed E-state index contributed by atoms with van der Waals surface area (Å²) in [5, 5.41) is 3.02. The molecule has 2 N–H and O–H groups in total. The lowest BCUT2D eigenvalue weighted by Crippen LogP contribution is -2.47. The Bertz CT molecular complexity index is 1530. The van der Waals surface area contributed by atoms with Gasteiger partial charge in [-0.1, -0.05) is 248 Å². The number of phosphoric acid groups is 1. The molecule has 10 heteroatoms. The number of hydrogen-bond acceptors (Lipinski definition) is 6. The number of nitrogens with one attached hydrogen (secondary N) is 1. The molecule has 3 unspecified atom stereocenters. The second kappa shape index (κ2) is 55.8. The van der Waals surface area contributed by atoms with Crippen LogP contribution in [0.15, 0.2) is 72.9 Å². The number of esters is 1. The zero-order valence-electron chi connectivity index (χ0n) is 50.5. The molecule has 1 amide bonds. The fourth-order valence-electron chi connectivity index (χ4n) is 8.93. The van der Waals surface area contributed by atoms with Crippen LogP contribution in [0.5, 0.6) is 0 Å². The number of rotatable bonds is 57. The summed E-state index contributed by atoms with van der Waals surface area (Å²) in [6.07, 6.45) is 72.0. The first-order chi connectivity index (χ1) is 36.9. The summed E-state index contributed by atoms with van der Waals surface area (Å²) in [5.41, 5.74) is 0. The maximum absolute atomic E-state index is 13.5. The summed E-state index contributed by atoms with van der Waals surface area (Å²) in [5.74, 6) is -0.567. The first-order valence-corrected chi connectivity index (χ1v) is 33.3. The highest BCUT2D eigenvalue weighted by Crippen LogP contribution is 2.43. The lowest BCUT2D eigenvalue weighted by molar-refractivity contribution is -0.870. The summed E-state index contributed by atoms with van der Waals surface area (Å²) in [6.45, 7) is 6.95. The van der Waals surface area contributed by atoms with E-state index in [1.54, 1.807) is 0 Å². The molecule has 0 aromatic rings. The Morgan fingerprint density at radius 2 is 0.816 bits per heavy atom. The van der Waals surface area contributed by atoms with Crippen molar-refractivity contribution in [3.05, 3.63) is 72.9 Å². The van der Waals surface area contributed by atoms with Crippen molar-refractivity contribution in [3.8, 4) is 0 Å². The molecule has 9 nitrogen and oxygen atoms in total. The van der Waals surface area contributed by atoms with Gasteiger partial charge in [0.25, 0.3) is 0 Å². The van der Waals surface area contributed by atoms with E-state index < -0.39 is 20.0 Å². The predicted octanol–water partition coefficient (Wildman–Crippen LogP) is 19.6. The molecule has 0 aromatic carbocycles. The van der Waals surface area contributed by atoms with E-state index in [4.69, 9.17) is 13.8 Å². The van der Waals surface area contributed by atoms with Crippen molar-refractivity contribution in [1.82, 2.24) is 5.32 Å². The van der Waals surface area contributed by atoms with Crippen LogP contribution in [-0.4, -0.2) is 74.3 Å². The Kier molecular flexibility index (Phi) is 53.9. The maximum Gasteiger partial charge on any atom is 0.472 e. The van der Waals surface area contributed by atoms with Crippen molar-refractivity contribution >= 4 is 19.7 Å². The molecule has 0 bridgehead atoms. The van der Waals surface area contributed by atoms with E-state index in [1.807, 2.05) is 33.3 Å². The molecule has 0 aliphatic carbocycles. The number of unbranched alkanes of at least 4 members (excludes halogenated alkanes) is 31. The highest BCUT2D eigenvalue weighted by Gasteiger charge is 2.30. The smallest absolute Gasteiger partial charge is 0.456 e. The molecule has 0 heterocycles. The van der Waals surface area contributed by atoms with Gasteiger partial charge in [0.05, 0.1) is 33.8 Å². The molecule has 0 saturated heterocycles. The van der Waals surface area contributed by atoms with E-state index in [9.17, 15) is 19.0 Å². The van der Waals surface area contributed by atoms with Crippen LogP contribution in [0.3, 0.4) is 0 Å². The molecule has 76 heavy (non-hydrogen) atoms. The van der Waals surface area contributed by atoms with Gasteiger partial charge in [-0.05, 0) is 96.0 Å². The summed E-state index contributed by atoms with van der Waals surface area (Å²) in [6, 6.07) is -0.879. The van der Waals surface area contributed by atoms with Gasteiger partial charge in [0.2, 0.25) is 5.91 Å². The Labute approximate surface area is 470 Å². The van der Waals surface area contributed by atoms with Gasteiger partial charge in [-0.3, -0.25) is 18.6 Å². The highest BCUT2D eigenvalue weighted by molar-refractivity contribution is 7.47. The Morgan fingerprint density at radius 3 is 1.26 bits per heavy atom. The van der Waals surface area contributed by atoms with Crippen molar-refractivity contribution in [2.75, 3.05) is 40.9 Å². The summed E-state index contributed by atoms with van der Waals surface area (Å²) < 4.78 is 30.7. The van der Waals surface area contributed by atoms with E-state index in [0.717, 1.165) is 64.2 Å². The molecular weight excluding hydrogens is 964 g/mol. The topological polar surface area (TPSA) is 111 Å². The van der Waals surface area contributed by atoms with Crippen molar-refractivity contribution < 1.29 is 37.3 Å². The fourth-order valence-corrected chi connectivity index (χ4v) is 9.66. The van der Waals surface area contributed by atoms with E-state index in [0.29, 0.717) is 17.4 Å². The van der Waals surface area contributed by atoms with Gasteiger partial charge in [0, 0.05) is 12.8 Å². The Hall–Kier alpha value is -2.55. The minimum Gasteiger partial charge on any atom is -0.456 e. The molecule has 442 valence electrons. The molecule has 0 fully saturated rings. The quantitative estimate of drug-likeness (QED) is 0.0205. The fraction of sp³-hybridized carbons (Fsp3) is 0.788. The van der Waals surface area contributed by atoms with Gasteiger partial charge in [0.1, 0.15) is 19.3 Å². The number of allylic oxidation sites excluding steroid dienone is 11. The minimum absolute atomic E-state index is 0.0284. The largest absolute Gasteiger partial charge is 0.472 e. The van der Waals surface area contributed by atoms with E-state index in [-0.39, 0.29) is 37.9 Å². The number of quaternary nitrogens is 1. The first-order valence-electron chi connectivity index (χ1n) is 31.8. The van der Waals surface area contributed by atoms with E-state index in [1.165, 1.54) is 180 Å². The van der Waals surface area contributed by atoms with E-state index in [2.05, 4.69) is 86.8 Å². The van der Waals surface area contributed by atoms with Gasteiger partial charge in [-0.15, -0.1) is 0 Å². The predicted molar refractivity (Wildman–Crippen MR) is 328 cm³/mol. The molecule has 0 radical (unpaired) electrons. The molecule has 3 atom stereocenters. The number of phosphoric ester groups is 1. The molecule has 0 aliphatic heterocycles. The monoisotopic (exact) mass is 1090 g/mol. The minimum atomic E-state index is -4.46. The second-order valence-corrected chi connectivity index (χ2v) is 24.0. The van der Waals surface area contributed by atoms with Crippen molar-refractivity contribution in [2.45, 2.75) is 296 Å². The third-order valence-electron chi connectivity index (χ3n) is 13.9. The number of hydrogen-bond donors (Lipinski definition) is 2. The number of ether oxygens (including phenoxy) is 1. The molecular formula is C66H122N2O7P+. The van der Waals surface area contributed by atoms with Gasteiger partial charge in [-0.25, -0.2) is 4.57 Å². The molecule has 0 aromatic heterocycles. The highest BCUT2D eigenvalue weighted by atomic mass is 31.2. The lowest BCUT2D eigenvalue weighted by Gasteiger charge is -2.27. The molecule has 0 spiro atoms. The van der Waals surface area contributed by atoms with Crippen LogP contribution in [0.2, 0.25) is 0 Å². The van der Waals surface area contributed by atoms with Gasteiger partial charge in [-0.2, -0.15) is 0 Å². The summed E-state index contributed by atoms with van der Waals surface area (Å²) >= 11 is 0. The zero-order valence-corrected chi connectivity index (χ0v) is 51.4. The first kappa shape index (κ1) is 73.5. The van der Waals surface area contributed by atoms with Gasteiger partial charge in [0.15, 0.2) is 0 Å². The van der Waals surface area contributed by atoms with Gasteiger partial charge < -0.3 is 19.4 Å². The second-order valence-electron chi connectivity index (χ2n) is 22.6. The lowest BCUT2D eigenvalue weighted by atomic mass is 10.0. The maximum atomic E-state index is 13.5. The summed E-state index contributed by atoms with van der Waals surface area (Å²) in [4.78, 5) is 37.7. The van der Waals surface area contributed by atoms with E-state index >= 15 is 0 Å². The number of carbonyl (C=O) groups is 2. The molecule has 0 aliphatic rings. The average Bonchev–Trinajstić information content (AvgIpc) is 3.38. The van der Waals surface area contributed by atoms with Crippen molar-refractivity contribution in [2.24, 2.45) is 0 Å². The van der Waals surface area contributed by atoms with Crippen LogP contribution < -0.4 is 5.32 Å². The zero-order chi connectivity index (χ0) is 55.7. The SMILES string of the molecule is CCCCC/C=C\C/C=C\C/C=C\C/C=C\CCCC(=O)NC(COP(=O)(O)OCC[N+](C)(C)C)C(/C=C/CCCCCCCCCCCC)OC(=O)CCCCCCCCCCCCC/C=C/CCCCCCCC. The van der Waals surface area contributed by atoms with Crippen LogP contribution in [0, 0.1) is 0 Å². The van der Waals surface area contributed by atoms with Crippen molar-refractivity contribution in [1.29, 1.82) is 0 Å². The molecule has 0 rings (SSSR count). The summed E-state index contributed by atoms with van der Waals surface area (Å²) in [7, 11) is 1.46. The number of likely N-dealkylation sites (N-methyl/N-ethyl adjacent to an activating group) is 1. The van der Waals surface area contributed by atoms with Crippen LogP contribution in [0.25, 0.3) is 0 Å². The third kappa shape index (κ3) is 56.2. The standard InChI is InChI=1S/C66H121N2O7P/c1-7-10-13-16-19-22-25-28-30-32-33-34-35-37-39-41-44-47-50-53-56-59-66(70)75-64(57-54-51-48-45-42-27-24-21-18-15-12-9-3)63(62-74-76(71,72)73-61-60-68(4,5)6)67-65(69)58-55-52-49-46-43-40-38-36-31-29-26-23-20-17-14-11-8-2/h20,23,28-31,38,40,46,49,54,57,63-64H,7-19,21-22,24-27,32-37,39,41-45,47-48,50-53,55-56,58-62H2,1-6H3,(H-,67,69,71,72)/p+1/b23-20-,30-28+,31-29-,40-38-,49-46-,57-54+. The average molecular weight is 1090 g/mol. The number of carbonyl (C=O) groups excluding carboxylic acids is 2.